The summed E-state index contributed by atoms with van der Waals surface area (Å²) in [6.07, 6.45) is 8.93. The minimum Gasteiger partial charge on any atom is -0.469 e. The van der Waals surface area contributed by atoms with Gasteiger partial charge < -0.3 is 14.4 Å². The highest BCUT2D eigenvalue weighted by molar-refractivity contribution is 5.80. The SMILES string of the molecule is CCCCC1CCC(C(=O)N(CCCOC)CC(C)C(=O)OC)CC1. The monoisotopic (exact) mass is 355 g/mol. The number of hydrogen-bond acceptors (Lipinski definition) is 4. The fourth-order valence-corrected chi connectivity index (χ4v) is 3.75. The van der Waals surface area contributed by atoms with Crippen molar-refractivity contribution in [1.29, 1.82) is 0 Å². The van der Waals surface area contributed by atoms with E-state index in [1.54, 1.807) is 7.11 Å². The maximum Gasteiger partial charge on any atom is 0.310 e. The van der Waals surface area contributed by atoms with Crippen molar-refractivity contribution in [3.8, 4) is 0 Å². The van der Waals surface area contributed by atoms with Crippen LogP contribution in [0.3, 0.4) is 0 Å². The maximum atomic E-state index is 13.0. The summed E-state index contributed by atoms with van der Waals surface area (Å²) < 4.78 is 9.93. The van der Waals surface area contributed by atoms with Crippen LogP contribution in [0.2, 0.25) is 0 Å². The summed E-state index contributed by atoms with van der Waals surface area (Å²) in [6.45, 7) is 5.76. The first-order valence-electron chi connectivity index (χ1n) is 9.88. The summed E-state index contributed by atoms with van der Waals surface area (Å²) in [7, 11) is 3.06. The summed E-state index contributed by atoms with van der Waals surface area (Å²) in [5, 5.41) is 0. The number of nitrogens with zero attached hydrogens (tertiary/aromatic N) is 1. The molecule has 0 bridgehead atoms. The lowest BCUT2D eigenvalue weighted by atomic mass is 9.79. The molecule has 1 aliphatic rings. The summed E-state index contributed by atoms with van der Waals surface area (Å²) in [5.41, 5.74) is 0. The number of carbonyl (C=O) groups is 2. The van der Waals surface area contributed by atoms with Crippen LogP contribution in [0.5, 0.6) is 0 Å². The molecule has 25 heavy (non-hydrogen) atoms. The zero-order valence-electron chi connectivity index (χ0n) is 16.6. The van der Waals surface area contributed by atoms with Gasteiger partial charge in [-0.15, -0.1) is 0 Å². The average molecular weight is 356 g/mol. The Morgan fingerprint density at radius 2 is 1.80 bits per heavy atom. The molecule has 0 aromatic carbocycles. The van der Waals surface area contributed by atoms with Gasteiger partial charge in [-0.3, -0.25) is 9.59 Å². The van der Waals surface area contributed by atoms with Gasteiger partial charge in [-0.25, -0.2) is 0 Å². The van der Waals surface area contributed by atoms with Crippen LogP contribution in [-0.4, -0.2) is 50.7 Å². The molecule has 1 fully saturated rings. The minimum absolute atomic E-state index is 0.116. The summed E-state index contributed by atoms with van der Waals surface area (Å²) in [5.74, 6) is 0.566. The van der Waals surface area contributed by atoms with E-state index >= 15 is 0 Å². The number of hydrogen-bond donors (Lipinski definition) is 0. The molecule has 5 heteroatoms. The van der Waals surface area contributed by atoms with Gasteiger partial charge in [-0.05, 0) is 38.0 Å². The van der Waals surface area contributed by atoms with E-state index in [-0.39, 0.29) is 23.7 Å². The van der Waals surface area contributed by atoms with E-state index < -0.39 is 0 Å². The van der Waals surface area contributed by atoms with Gasteiger partial charge in [0.2, 0.25) is 5.91 Å². The van der Waals surface area contributed by atoms with E-state index in [0.29, 0.717) is 19.7 Å². The van der Waals surface area contributed by atoms with Gasteiger partial charge in [0, 0.05) is 32.7 Å². The molecule has 1 unspecified atom stereocenters. The number of carbonyl (C=O) groups excluding carboxylic acids is 2. The number of unbranched alkanes of at least 4 members (excludes halogenated alkanes) is 1. The van der Waals surface area contributed by atoms with E-state index in [9.17, 15) is 9.59 Å². The van der Waals surface area contributed by atoms with E-state index in [4.69, 9.17) is 9.47 Å². The van der Waals surface area contributed by atoms with Crippen LogP contribution in [0, 0.1) is 17.8 Å². The van der Waals surface area contributed by atoms with Crippen molar-refractivity contribution in [2.75, 3.05) is 33.9 Å². The molecule has 0 heterocycles. The second kappa shape index (κ2) is 12.3. The lowest BCUT2D eigenvalue weighted by molar-refractivity contribution is -0.147. The molecule has 0 aromatic heterocycles. The Morgan fingerprint density at radius 1 is 1.12 bits per heavy atom. The first-order valence-corrected chi connectivity index (χ1v) is 9.88. The van der Waals surface area contributed by atoms with Crippen LogP contribution in [0.1, 0.15) is 65.2 Å². The zero-order valence-corrected chi connectivity index (χ0v) is 16.6. The van der Waals surface area contributed by atoms with Crippen molar-refractivity contribution < 1.29 is 19.1 Å². The molecule has 1 aliphatic carbocycles. The zero-order chi connectivity index (χ0) is 18.7. The van der Waals surface area contributed by atoms with Crippen LogP contribution in [0.4, 0.5) is 0 Å². The van der Waals surface area contributed by atoms with Gasteiger partial charge >= 0.3 is 5.97 Å². The standard InChI is InChI=1S/C20H37NO4/c1-5-6-8-17-9-11-18(12-10-17)19(22)21(13-7-14-24-3)15-16(2)20(23)25-4/h16-18H,5-15H2,1-4H3. The molecular weight excluding hydrogens is 318 g/mol. The van der Waals surface area contributed by atoms with Crippen molar-refractivity contribution >= 4 is 11.9 Å². The third-order valence-corrected chi connectivity index (χ3v) is 5.35. The maximum absolute atomic E-state index is 13.0. The Labute approximate surface area is 153 Å². The summed E-state index contributed by atoms with van der Waals surface area (Å²) >= 11 is 0. The Bertz CT molecular complexity index is 391. The fraction of sp³-hybridized carbons (Fsp3) is 0.900. The van der Waals surface area contributed by atoms with Gasteiger partial charge in [0.15, 0.2) is 0 Å². The molecule has 5 nitrogen and oxygen atoms in total. The number of ether oxygens (including phenoxy) is 2. The highest BCUT2D eigenvalue weighted by Crippen LogP contribution is 2.33. The predicted molar refractivity (Wildman–Crippen MR) is 99.2 cm³/mol. The largest absolute Gasteiger partial charge is 0.469 e. The Morgan fingerprint density at radius 3 is 2.36 bits per heavy atom. The number of esters is 1. The van der Waals surface area contributed by atoms with Crippen LogP contribution in [-0.2, 0) is 19.1 Å². The Balaban J connectivity index is 2.58. The second-order valence-electron chi connectivity index (χ2n) is 7.41. The quantitative estimate of drug-likeness (QED) is 0.419. The molecule has 0 aliphatic heterocycles. The van der Waals surface area contributed by atoms with Crippen LogP contribution in [0.15, 0.2) is 0 Å². The van der Waals surface area contributed by atoms with Gasteiger partial charge in [0.1, 0.15) is 0 Å². The van der Waals surface area contributed by atoms with Gasteiger partial charge in [-0.1, -0.05) is 33.1 Å². The molecule has 0 radical (unpaired) electrons. The molecule has 0 spiro atoms. The molecule has 0 saturated heterocycles. The first-order chi connectivity index (χ1) is 12.0. The highest BCUT2D eigenvalue weighted by Gasteiger charge is 2.30. The first kappa shape index (κ1) is 21.9. The van der Waals surface area contributed by atoms with Crippen molar-refractivity contribution in [2.24, 2.45) is 17.8 Å². The Kier molecular flexibility index (Phi) is 10.8. The van der Waals surface area contributed by atoms with E-state index in [2.05, 4.69) is 6.92 Å². The van der Waals surface area contributed by atoms with Crippen LogP contribution in [0.25, 0.3) is 0 Å². The molecule has 1 atom stereocenters. The summed E-state index contributed by atoms with van der Waals surface area (Å²) in [4.78, 5) is 26.6. The molecule has 1 amide bonds. The number of methoxy groups -OCH3 is 2. The van der Waals surface area contributed by atoms with E-state index in [0.717, 1.165) is 38.0 Å². The molecule has 146 valence electrons. The smallest absolute Gasteiger partial charge is 0.310 e. The van der Waals surface area contributed by atoms with Crippen molar-refractivity contribution in [1.82, 2.24) is 4.90 Å². The van der Waals surface area contributed by atoms with Crippen molar-refractivity contribution in [2.45, 2.75) is 65.2 Å². The van der Waals surface area contributed by atoms with E-state index in [1.807, 2.05) is 11.8 Å². The number of rotatable bonds is 11. The Hall–Kier alpha value is -1.10. The predicted octanol–water partition coefficient (Wildman–Crippen LogP) is 3.66. The topological polar surface area (TPSA) is 55.8 Å². The molecule has 0 aromatic rings. The molecule has 0 N–H and O–H groups in total. The van der Waals surface area contributed by atoms with Gasteiger partial charge in [-0.2, -0.15) is 0 Å². The number of amides is 1. The normalized spacial score (nSPS) is 21.6. The highest BCUT2D eigenvalue weighted by atomic mass is 16.5. The summed E-state index contributed by atoms with van der Waals surface area (Å²) in [6, 6.07) is 0. The average Bonchev–Trinajstić information content (AvgIpc) is 2.64. The van der Waals surface area contributed by atoms with E-state index in [1.165, 1.54) is 26.4 Å². The van der Waals surface area contributed by atoms with Crippen LogP contribution >= 0.6 is 0 Å². The second-order valence-corrected chi connectivity index (χ2v) is 7.41. The molecule has 1 rings (SSSR count). The molecule has 1 saturated carbocycles. The lowest BCUT2D eigenvalue weighted by Crippen LogP contribution is -2.42. The molecular formula is C20H37NO4. The third-order valence-electron chi connectivity index (χ3n) is 5.35. The van der Waals surface area contributed by atoms with Crippen molar-refractivity contribution in [3.05, 3.63) is 0 Å². The third kappa shape index (κ3) is 7.76. The van der Waals surface area contributed by atoms with Gasteiger partial charge in [0.25, 0.3) is 0 Å². The van der Waals surface area contributed by atoms with Crippen LogP contribution < -0.4 is 0 Å². The van der Waals surface area contributed by atoms with Crippen molar-refractivity contribution in [3.63, 3.8) is 0 Å². The lowest BCUT2D eigenvalue weighted by Gasteiger charge is -2.33. The minimum atomic E-state index is -0.294. The fourth-order valence-electron chi connectivity index (χ4n) is 3.75. The van der Waals surface area contributed by atoms with Gasteiger partial charge in [0.05, 0.1) is 13.0 Å².